The lowest BCUT2D eigenvalue weighted by molar-refractivity contribution is -0.132. The molecule has 1 aromatic rings. The van der Waals surface area contributed by atoms with Gasteiger partial charge in [0.25, 0.3) is 0 Å². The summed E-state index contributed by atoms with van der Waals surface area (Å²) in [5.74, 6) is -0.903. The van der Waals surface area contributed by atoms with Crippen LogP contribution in [0, 0.1) is 0 Å². The highest BCUT2D eigenvalue weighted by atomic mass is 32.2. The number of nitrogens with one attached hydrogen (secondary N) is 1. The monoisotopic (exact) mass is 312 g/mol. The summed E-state index contributed by atoms with van der Waals surface area (Å²) >= 11 is 0. The van der Waals surface area contributed by atoms with E-state index in [1.807, 2.05) is 0 Å². The average Bonchev–Trinajstić information content (AvgIpc) is 2.37. The molecule has 1 aliphatic heterocycles. The number of rotatable bonds is 3. The lowest BCUT2D eigenvalue weighted by Gasteiger charge is -2.36. The minimum Gasteiger partial charge on any atom is -0.397 e. The Labute approximate surface area is 122 Å². The summed E-state index contributed by atoms with van der Waals surface area (Å²) in [5.41, 5.74) is 6.42. The third kappa shape index (κ3) is 2.98. The molecular weight excluding hydrogens is 296 g/mol. The van der Waals surface area contributed by atoms with Gasteiger partial charge in [0, 0.05) is 0 Å². The fourth-order valence-corrected chi connectivity index (χ4v) is 2.81. The number of piperazine rings is 1. The Morgan fingerprint density at radius 2 is 2.05 bits per heavy atom. The first kappa shape index (κ1) is 15.3. The van der Waals surface area contributed by atoms with Crippen LogP contribution >= 0.6 is 0 Å². The van der Waals surface area contributed by atoms with Gasteiger partial charge in [-0.3, -0.25) is 14.9 Å². The zero-order chi connectivity index (χ0) is 15.8. The van der Waals surface area contributed by atoms with Crippen molar-refractivity contribution in [1.82, 2.24) is 5.32 Å². The van der Waals surface area contributed by atoms with Gasteiger partial charge in [-0.05, 0) is 24.6 Å². The molecule has 1 saturated heterocycles. The number of sulfonamides is 1. The first-order valence-corrected chi connectivity index (χ1v) is 7.81. The molecule has 0 bridgehead atoms. The summed E-state index contributed by atoms with van der Waals surface area (Å²) in [4.78, 5) is 24.8. The maximum atomic E-state index is 11.9. The van der Waals surface area contributed by atoms with Gasteiger partial charge in [-0.2, -0.15) is 0 Å². The third-order valence-electron chi connectivity index (χ3n) is 3.28. The molecular formula is C12H16N4O4S. The van der Waals surface area contributed by atoms with E-state index in [-0.39, 0.29) is 17.1 Å². The Kier molecular flexibility index (Phi) is 3.88. The van der Waals surface area contributed by atoms with Gasteiger partial charge < -0.3 is 10.6 Å². The maximum absolute atomic E-state index is 11.9. The van der Waals surface area contributed by atoms with Crippen molar-refractivity contribution < 1.29 is 18.0 Å². The van der Waals surface area contributed by atoms with E-state index in [0.717, 1.165) is 0 Å². The summed E-state index contributed by atoms with van der Waals surface area (Å²) in [6, 6.07) is 3.35. The van der Waals surface area contributed by atoms with Crippen molar-refractivity contribution in [3.05, 3.63) is 18.2 Å². The lowest BCUT2D eigenvalue weighted by atomic mass is 10.1. The number of anilines is 2. The van der Waals surface area contributed by atoms with Crippen LogP contribution in [0.25, 0.3) is 0 Å². The number of nitrogens with zero attached hydrogens (tertiary/aromatic N) is 1. The number of amides is 2. The topological polar surface area (TPSA) is 136 Å². The number of nitrogen functional groups attached to an aromatic ring is 1. The number of hydrogen-bond acceptors (Lipinski definition) is 6. The highest BCUT2D eigenvalue weighted by molar-refractivity contribution is 7.89. The predicted molar refractivity (Wildman–Crippen MR) is 76.8 cm³/mol. The number of hydrogen-bond donors (Lipinski definition) is 3. The minimum absolute atomic E-state index is 0.0808. The van der Waals surface area contributed by atoms with Crippen molar-refractivity contribution in [2.24, 2.45) is 5.14 Å². The second kappa shape index (κ2) is 5.34. The smallest absolute Gasteiger partial charge is 0.249 e. The van der Waals surface area contributed by atoms with Crippen LogP contribution in [0.5, 0.6) is 0 Å². The Morgan fingerprint density at radius 3 is 2.62 bits per heavy atom. The molecule has 0 spiro atoms. The van der Waals surface area contributed by atoms with E-state index in [1.165, 1.54) is 23.1 Å². The van der Waals surface area contributed by atoms with Crippen LogP contribution in [0.1, 0.15) is 13.3 Å². The van der Waals surface area contributed by atoms with Crippen LogP contribution in [0.15, 0.2) is 23.1 Å². The second-order valence-corrected chi connectivity index (χ2v) is 6.29. The van der Waals surface area contributed by atoms with E-state index in [2.05, 4.69) is 5.32 Å². The van der Waals surface area contributed by atoms with Crippen molar-refractivity contribution in [2.75, 3.05) is 17.2 Å². The second-order valence-electron chi connectivity index (χ2n) is 4.73. The number of primary sulfonamides is 1. The minimum atomic E-state index is -3.90. The molecule has 1 atom stereocenters. The Morgan fingerprint density at radius 1 is 1.38 bits per heavy atom. The van der Waals surface area contributed by atoms with Crippen molar-refractivity contribution >= 4 is 33.2 Å². The first-order valence-electron chi connectivity index (χ1n) is 6.26. The third-order valence-corrected chi connectivity index (χ3v) is 4.19. The number of imide groups is 1. The van der Waals surface area contributed by atoms with E-state index in [4.69, 9.17) is 10.9 Å². The van der Waals surface area contributed by atoms with Crippen LogP contribution in [-0.4, -0.2) is 32.8 Å². The summed E-state index contributed by atoms with van der Waals surface area (Å²) in [6.45, 7) is 1.70. The summed E-state index contributed by atoms with van der Waals surface area (Å²) in [6.07, 6.45) is 0.443. The first-order chi connectivity index (χ1) is 9.74. The van der Waals surface area contributed by atoms with Gasteiger partial charge in [-0.1, -0.05) is 6.92 Å². The highest BCUT2D eigenvalue weighted by Gasteiger charge is 2.33. The van der Waals surface area contributed by atoms with E-state index in [0.29, 0.717) is 12.1 Å². The molecule has 5 N–H and O–H groups in total. The summed E-state index contributed by atoms with van der Waals surface area (Å²) < 4.78 is 22.9. The van der Waals surface area contributed by atoms with E-state index in [9.17, 15) is 18.0 Å². The number of nitrogens with two attached hydrogens (primary N) is 2. The molecule has 114 valence electrons. The fourth-order valence-electron chi connectivity index (χ4n) is 2.27. The Bertz CT molecular complexity index is 701. The van der Waals surface area contributed by atoms with E-state index in [1.54, 1.807) is 6.92 Å². The molecule has 0 radical (unpaired) electrons. The van der Waals surface area contributed by atoms with Crippen LogP contribution in [0.2, 0.25) is 0 Å². The van der Waals surface area contributed by atoms with Crippen LogP contribution in [0.4, 0.5) is 11.4 Å². The molecule has 1 aromatic carbocycles. The molecule has 1 aliphatic rings. The molecule has 1 fully saturated rings. The molecule has 0 saturated carbocycles. The predicted octanol–water partition coefficient (Wildman–Crippen LogP) is -0.842. The van der Waals surface area contributed by atoms with Gasteiger partial charge in [-0.15, -0.1) is 0 Å². The molecule has 2 rings (SSSR count). The summed E-state index contributed by atoms with van der Waals surface area (Å²) in [5, 5.41) is 7.33. The van der Waals surface area contributed by atoms with Crippen LogP contribution in [-0.2, 0) is 19.6 Å². The maximum Gasteiger partial charge on any atom is 0.249 e. The summed E-state index contributed by atoms with van der Waals surface area (Å²) in [7, 11) is -3.90. The van der Waals surface area contributed by atoms with Gasteiger partial charge in [0.15, 0.2) is 0 Å². The van der Waals surface area contributed by atoms with Crippen molar-refractivity contribution in [2.45, 2.75) is 24.3 Å². The molecule has 9 heteroatoms. The zero-order valence-corrected chi connectivity index (χ0v) is 12.2. The Hall–Kier alpha value is -2.13. The van der Waals surface area contributed by atoms with E-state index < -0.39 is 27.9 Å². The largest absolute Gasteiger partial charge is 0.397 e. The van der Waals surface area contributed by atoms with Gasteiger partial charge in [0.1, 0.15) is 6.04 Å². The SMILES string of the molecule is CCC1C(=O)NC(=O)CN1c1cc(S(N)(=O)=O)ccc1N. The number of benzene rings is 1. The normalized spacial score (nSPS) is 19.5. The van der Waals surface area contributed by atoms with Crippen molar-refractivity contribution in [1.29, 1.82) is 0 Å². The van der Waals surface area contributed by atoms with Crippen LogP contribution < -0.4 is 21.1 Å². The van der Waals surface area contributed by atoms with Gasteiger partial charge in [0.2, 0.25) is 21.8 Å². The molecule has 8 nitrogen and oxygen atoms in total. The highest BCUT2D eigenvalue weighted by Crippen LogP contribution is 2.29. The average molecular weight is 312 g/mol. The molecule has 0 aliphatic carbocycles. The fraction of sp³-hybridized carbons (Fsp3) is 0.333. The van der Waals surface area contributed by atoms with Gasteiger partial charge in [0.05, 0.1) is 22.8 Å². The van der Waals surface area contributed by atoms with Gasteiger partial charge >= 0.3 is 0 Å². The lowest BCUT2D eigenvalue weighted by Crippen LogP contribution is -2.58. The Balaban J connectivity index is 2.53. The molecule has 2 amide bonds. The molecule has 1 unspecified atom stereocenters. The van der Waals surface area contributed by atoms with Crippen molar-refractivity contribution in [3.63, 3.8) is 0 Å². The molecule has 0 aromatic heterocycles. The standard InChI is InChI=1S/C12H16N4O4S/c1-2-9-12(18)15-11(17)6-16(9)10-5-7(21(14,19)20)3-4-8(10)13/h3-5,9H,2,6,13H2,1H3,(H2,14,19,20)(H,15,17,18). The number of carbonyl (C=O) groups is 2. The van der Waals surface area contributed by atoms with E-state index >= 15 is 0 Å². The van der Waals surface area contributed by atoms with Gasteiger partial charge in [-0.25, -0.2) is 13.6 Å². The van der Waals surface area contributed by atoms with Crippen molar-refractivity contribution in [3.8, 4) is 0 Å². The number of carbonyl (C=O) groups excluding carboxylic acids is 2. The zero-order valence-electron chi connectivity index (χ0n) is 11.4. The van der Waals surface area contributed by atoms with Crippen LogP contribution in [0.3, 0.4) is 0 Å². The molecule has 1 heterocycles. The quantitative estimate of drug-likeness (QED) is 0.492. The molecule has 21 heavy (non-hydrogen) atoms.